The van der Waals surface area contributed by atoms with Crippen molar-refractivity contribution < 1.29 is 14.1 Å². The lowest BCUT2D eigenvalue weighted by Gasteiger charge is -1.90. The lowest BCUT2D eigenvalue weighted by atomic mass is 10.4. The molecule has 0 radical (unpaired) electrons. The van der Waals surface area contributed by atoms with E-state index in [-0.39, 0.29) is 18.2 Å². The zero-order valence-electron chi connectivity index (χ0n) is 6.22. The highest BCUT2D eigenvalue weighted by atomic mass is 35.5. The number of hydrogen-bond donors (Lipinski definition) is 2. The van der Waals surface area contributed by atoms with E-state index in [0.717, 1.165) is 6.07 Å². The summed E-state index contributed by atoms with van der Waals surface area (Å²) in [5, 5.41) is 10.1. The first-order chi connectivity index (χ1) is 5.65. The van der Waals surface area contributed by atoms with Crippen molar-refractivity contribution in [2.75, 3.05) is 0 Å². The summed E-state index contributed by atoms with van der Waals surface area (Å²) in [5.41, 5.74) is 1.78. The highest BCUT2D eigenvalue weighted by Gasteiger charge is 2.15. The fourth-order valence-electron chi connectivity index (χ4n) is 0.619. The third-order valence-corrected chi connectivity index (χ3v) is 1.13. The van der Waals surface area contributed by atoms with Crippen molar-refractivity contribution in [1.29, 1.82) is 0 Å². The SMILES string of the molecule is Cl.NNC(=O)c1ccc([N+](=O)[O-])o1. The van der Waals surface area contributed by atoms with Crippen LogP contribution in [0.5, 0.6) is 0 Å². The summed E-state index contributed by atoms with van der Waals surface area (Å²) in [4.78, 5) is 20.0. The van der Waals surface area contributed by atoms with Gasteiger partial charge in [-0.3, -0.25) is 20.3 Å². The van der Waals surface area contributed by atoms with Gasteiger partial charge in [-0.1, -0.05) is 0 Å². The number of amides is 1. The second-order valence-electron chi connectivity index (χ2n) is 1.87. The van der Waals surface area contributed by atoms with E-state index >= 15 is 0 Å². The maximum Gasteiger partial charge on any atom is 0.433 e. The van der Waals surface area contributed by atoms with Crippen LogP contribution in [0.3, 0.4) is 0 Å². The van der Waals surface area contributed by atoms with Gasteiger partial charge in [0.25, 0.3) is 0 Å². The summed E-state index contributed by atoms with van der Waals surface area (Å²) in [6.45, 7) is 0. The van der Waals surface area contributed by atoms with E-state index in [1.807, 2.05) is 0 Å². The van der Waals surface area contributed by atoms with Crippen molar-refractivity contribution in [1.82, 2.24) is 5.43 Å². The average Bonchev–Trinajstić information content (AvgIpc) is 2.51. The molecule has 1 heterocycles. The highest BCUT2D eigenvalue weighted by Crippen LogP contribution is 2.14. The van der Waals surface area contributed by atoms with Crippen molar-refractivity contribution >= 4 is 24.2 Å². The lowest BCUT2D eigenvalue weighted by Crippen LogP contribution is -2.29. The largest absolute Gasteiger partial charge is 0.433 e. The number of hydrogen-bond acceptors (Lipinski definition) is 5. The molecule has 0 atom stereocenters. The van der Waals surface area contributed by atoms with E-state index in [1.165, 1.54) is 6.07 Å². The number of furan rings is 1. The maximum atomic E-state index is 10.7. The van der Waals surface area contributed by atoms with Crippen LogP contribution in [0, 0.1) is 10.1 Å². The molecule has 3 N–H and O–H groups in total. The average molecular weight is 208 g/mol. The smallest absolute Gasteiger partial charge is 0.395 e. The molecule has 0 fully saturated rings. The van der Waals surface area contributed by atoms with Crippen LogP contribution in [0.15, 0.2) is 16.5 Å². The van der Waals surface area contributed by atoms with Crippen molar-refractivity contribution in [2.45, 2.75) is 0 Å². The third kappa shape index (κ3) is 2.42. The predicted octanol–water partition coefficient (Wildman–Crippen LogP) is 0.213. The van der Waals surface area contributed by atoms with Crippen LogP contribution in [0.2, 0.25) is 0 Å². The van der Waals surface area contributed by atoms with Gasteiger partial charge < -0.3 is 4.42 Å². The number of nitro groups is 1. The number of nitrogens with one attached hydrogen (secondary N) is 1. The predicted molar refractivity (Wildman–Crippen MR) is 44.3 cm³/mol. The van der Waals surface area contributed by atoms with E-state index in [1.54, 1.807) is 5.43 Å². The third-order valence-electron chi connectivity index (χ3n) is 1.13. The Labute approximate surface area is 78.4 Å². The number of halogens is 1. The van der Waals surface area contributed by atoms with Crippen LogP contribution in [0.25, 0.3) is 0 Å². The molecule has 0 spiro atoms. The van der Waals surface area contributed by atoms with Gasteiger partial charge in [0, 0.05) is 0 Å². The van der Waals surface area contributed by atoms with Gasteiger partial charge in [-0.2, -0.15) is 0 Å². The fraction of sp³-hybridized carbons (Fsp3) is 0. The first-order valence-electron chi connectivity index (χ1n) is 2.90. The lowest BCUT2D eigenvalue weighted by molar-refractivity contribution is -0.402. The Kier molecular flexibility index (Phi) is 3.89. The van der Waals surface area contributed by atoms with Gasteiger partial charge in [-0.05, 0) is 6.07 Å². The number of nitrogens with two attached hydrogens (primary N) is 1. The summed E-state index contributed by atoms with van der Waals surface area (Å²) >= 11 is 0. The Morgan fingerprint density at radius 3 is 2.62 bits per heavy atom. The summed E-state index contributed by atoms with van der Waals surface area (Å²) in [6, 6.07) is 2.24. The molecule has 0 saturated heterocycles. The summed E-state index contributed by atoms with van der Waals surface area (Å²) in [5.74, 6) is 3.37. The van der Waals surface area contributed by atoms with E-state index in [9.17, 15) is 14.9 Å². The van der Waals surface area contributed by atoms with Crippen LogP contribution in [0.1, 0.15) is 10.6 Å². The molecule has 7 nitrogen and oxygen atoms in total. The molecular formula is C5H6ClN3O4. The summed E-state index contributed by atoms with van der Waals surface area (Å²) in [6.07, 6.45) is 0. The second-order valence-corrected chi connectivity index (χ2v) is 1.87. The Morgan fingerprint density at radius 1 is 1.62 bits per heavy atom. The zero-order valence-corrected chi connectivity index (χ0v) is 7.04. The van der Waals surface area contributed by atoms with Gasteiger partial charge in [-0.25, -0.2) is 5.84 Å². The van der Waals surface area contributed by atoms with Crippen molar-refractivity contribution in [3.05, 3.63) is 28.0 Å². The number of carbonyl (C=O) groups excluding carboxylic acids is 1. The maximum absolute atomic E-state index is 10.7. The van der Waals surface area contributed by atoms with Crippen molar-refractivity contribution in [2.24, 2.45) is 5.84 Å². The van der Waals surface area contributed by atoms with Crippen LogP contribution >= 0.6 is 12.4 Å². The van der Waals surface area contributed by atoms with E-state index in [2.05, 4.69) is 4.42 Å². The Morgan fingerprint density at radius 2 is 2.23 bits per heavy atom. The van der Waals surface area contributed by atoms with Gasteiger partial charge in [-0.15, -0.1) is 12.4 Å². The number of rotatable bonds is 2. The zero-order chi connectivity index (χ0) is 9.14. The molecule has 0 aliphatic rings. The summed E-state index contributed by atoms with van der Waals surface area (Å²) in [7, 11) is 0. The fourth-order valence-corrected chi connectivity index (χ4v) is 0.619. The number of carbonyl (C=O) groups is 1. The number of hydrazine groups is 1. The van der Waals surface area contributed by atoms with Crippen molar-refractivity contribution in [3.63, 3.8) is 0 Å². The van der Waals surface area contributed by atoms with E-state index in [4.69, 9.17) is 5.84 Å². The second kappa shape index (κ2) is 4.43. The van der Waals surface area contributed by atoms with Crippen LogP contribution in [-0.4, -0.2) is 10.8 Å². The molecule has 8 heteroatoms. The normalized spacial score (nSPS) is 8.69. The molecule has 1 aromatic rings. The molecule has 72 valence electrons. The van der Waals surface area contributed by atoms with Crippen molar-refractivity contribution in [3.8, 4) is 0 Å². The molecule has 0 aromatic carbocycles. The molecule has 0 aliphatic carbocycles. The van der Waals surface area contributed by atoms with Gasteiger partial charge in [0.2, 0.25) is 0 Å². The molecule has 0 unspecified atom stereocenters. The summed E-state index contributed by atoms with van der Waals surface area (Å²) < 4.78 is 4.51. The van der Waals surface area contributed by atoms with Crippen LogP contribution in [-0.2, 0) is 0 Å². The molecule has 1 aromatic heterocycles. The number of nitrogen functional groups attached to an aromatic ring is 1. The molecule has 0 bridgehead atoms. The Hall–Kier alpha value is -1.60. The van der Waals surface area contributed by atoms with Gasteiger partial charge in [0.15, 0.2) is 5.76 Å². The molecule has 0 aliphatic heterocycles. The minimum atomic E-state index is -0.743. The van der Waals surface area contributed by atoms with Crippen LogP contribution < -0.4 is 11.3 Å². The molecule has 1 amide bonds. The monoisotopic (exact) mass is 207 g/mol. The first-order valence-corrected chi connectivity index (χ1v) is 2.90. The topological polar surface area (TPSA) is 111 Å². The Balaban J connectivity index is 0.00000144. The first kappa shape index (κ1) is 11.4. The minimum Gasteiger partial charge on any atom is -0.395 e. The quantitative estimate of drug-likeness (QED) is 0.312. The Bertz CT molecular complexity index is 323. The molecular weight excluding hydrogens is 202 g/mol. The van der Waals surface area contributed by atoms with Gasteiger partial charge in [0.05, 0.1) is 6.07 Å². The molecule has 1 rings (SSSR count). The van der Waals surface area contributed by atoms with Gasteiger partial charge >= 0.3 is 11.8 Å². The molecule has 0 saturated carbocycles. The van der Waals surface area contributed by atoms with Gasteiger partial charge in [0.1, 0.15) is 4.92 Å². The van der Waals surface area contributed by atoms with E-state index in [0.29, 0.717) is 0 Å². The number of nitrogens with zero attached hydrogens (tertiary/aromatic N) is 1. The van der Waals surface area contributed by atoms with Crippen LogP contribution in [0.4, 0.5) is 5.88 Å². The van der Waals surface area contributed by atoms with E-state index < -0.39 is 16.7 Å². The standard InChI is InChI=1S/C5H5N3O4.ClH/c6-7-5(9)3-1-2-4(12-3)8(10)11;/h1-2H,6H2,(H,7,9);1H. The minimum absolute atomic E-state index is 0. The highest BCUT2D eigenvalue weighted by molar-refractivity contribution is 5.91. The molecule has 13 heavy (non-hydrogen) atoms.